The molecular formula is C19H17FN2O4S. The van der Waals surface area contributed by atoms with Crippen LogP contribution >= 0.6 is 0 Å². The highest BCUT2D eigenvalue weighted by molar-refractivity contribution is 7.89. The number of carbonyl (C=O) groups is 1. The van der Waals surface area contributed by atoms with Crippen molar-refractivity contribution in [2.75, 3.05) is 31.6 Å². The summed E-state index contributed by atoms with van der Waals surface area (Å²) in [5.74, 6) is 0.855. The first-order chi connectivity index (χ1) is 12.9. The molecule has 3 rings (SSSR count). The predicted octanol–water partition coefficient (Wildman–Crippen LogP) is 2.08. The zero-order chi connectivity index (χ0) is 19.4. The van der Waals surface area contributed by atoms with Crippen molar-refractivity contribution in [1.29, 1.82) is 0 Å². The normalized spacial score (nSPS) is 15.1. The lowest BCUT2D eigenvalue weighted by atomic mass is 10.1. The number of nitrogens with one attached hydrogen (secondary N) is 1. The molecule has 1 heterocycles. The van der Waals surface area contributed by atoms with E-state index in [4.69, 9.17) is 11.2 Å². The SMILES string of the molecule is C#Cc1cccc(NC(=O)c2cc(S(=O)(=O)N3CCOCC3)ccc2F)c1. The van der Waals surface area contributed by atoms with E-state index in [9.17, 15) is 17.6 Å². The molecule has 2 aromatic carbocycles. The molecule has 0 saturated carbocycles. The Morgan fingerprint density at radius 3 is 2.63 bits per heavy atom. The number of hydrogen-bond donors (Lipinski definition) is 1. The van der Waals surface area contributed by atoms with Gasteiger partial charge in [0.05, 0.1) is 23.7 Å². The number of rotatable bonds is 4. The third-order valence-corrected chi connectivity index (χ3v) is 5.97. The maximum absolute atomic E-state index is 14.2. The number of amides is 1. The van der Waals surface area contributed by atoms with Crippen LogP contribution in [0.15, 0.2) is 47.4 Å². The minimum atomic E-state index is -3.84. The predicted molar refractivity (Wildman–Crippen MR) is 98.3 cm³/mol. The van der Waals surface area contributed by atoms with E-state index < -0.39 is 21.7 Å². The lowest BCUT2D eigenvalue weighted by molar-refractivity contribution is 0.0730. The van der Waals surface area contributed by atoms with Crippen LogP contribution < -0.4 is 5.32 Å². The minimum absolute atomic E-state index is 0.145. The van der Waals surface area contributed by atoms with Crippen LogP contribution in [0.25, 0.3) is 0 Å². The van der Waals surface area contributed by atoms with Crippen molar-refractivity contribution in [1.82, 2.24) is 4.31 Å². The van der Waals surface area contributed by atoms with Crippen LogP contribution in [0, 0.1) is 18.2 Å². The quantitative estimate of drug-likeness (QED) is 0.814. The highest BCUT2D eigenvalue weighted by atomic mass is 32.2. The molecular weight excluding hydrogens is 371 g/mol. The molecule has 2 aromatic rings. The Morgan fingerprint density at radius 1 is 1.19 bits per heavy atom. The Morgan fingerprint density at radius 2 is 1.93 bits per heavy atom. The summed E-state index contributed by atoms with van der Waals surface area (Å²) >= 11 is 0. The van der Waals surface area contributed by atoms with Crippen molar-refractivity contribution in [2.45, 2.75) is 4.90 Å². The molecule has 0 radical (unpaired) electrons. The lowest BCUT2D eigenvalue weighted by Gasteiger charge is -2.26. The number of ether oxygens (including phenoxy) is 1. The van der Waals surface area contributed by atoms with Crippen LogP contribution in [0.3, 0.4) is 0 Å². The first-order valence-electron chi connectivity index (χ1n) is 8.17. The molecule has 0 unspecified atom stereocenters. The average Bonchev–Trinajstić information content (AvgIpc) is 2.69. The summed E-state index contributed by atoms with van der Waals surface area (Å²) in [6.45, 7) is 0.999. The topological polar surface area (TPSA) is 75.7 Å². The number of benzene rings is 2. The van der Waals surface area contributed by atoms with Crippen molar-refractivity contribution in [3.05, 3.63) is 59.4 Å². The number of sulfonamides is 1. The Hall–Kier alpha value is -2.73. The van der Waals surface area contributed by atoms with Gasteiger partial charge < -0.3 is 10.1 Å². The van der Waals surface area contributed by atoms with Gasteiger partial charge in [0.25, 0.3) is 5.91 Å². The van der Waals surface area contributed by atoms with Gasteiger partial charge in [0.1, 0.15) is 5.82 Å². The zero-order valence-electron chi connectivity index (χ0n) is 14.3. The largest absolute Gasteiger partial charge is 0.379 e. The average molecular weight is 388 g/mol. The summed E-state index contributed by atoms with van der Waals surface area (Å²) in [7, 11) is -3.84. The van der Waals surface area contributed by atoms with Gasteiger partial charge in [0, 0.05) is 24.3 Å². The summed E-state index contributed by atoms with van der Waals surface area (Å²) in [6.07, 6.45) is 5.32. The third kappa shape index (κ3) is 4.17. The second-order valence-corrected chi connectivity index (χ2v) is 7.78. The summed E-state index contributed by atoms with van der Waals surface area (Å²) < 4.78 is 46.0. The summed E-state index contributed by atoms with van der Waals surface area (Å²) in [6, 6.07) is 9.66. The Labute approximate surface area is 157 Å². The molecule has 1 aliphatic rings. The summed E-state index contributed by atoms with van der Waals surface area (Å²) in [5.41, 5.74) is 0.573. The molecule has 1 saturated heterocycles. The Balaban J connectivity index is 1.88. The van der Waals surface area contributed by atoms with Gasteiger partial charge in [-0.3, -0.25) is 4.79 Å². The standard InChI is InChI=1S/C19H17FN2O4S/c1-2-14-4-3-5-15(12-14)21-19(23)17-13-16(6-7-18(17)20)27(24,25)22-8-10-26-11-9-22/h1,3-7,12-13H,8-11H2,(H,21,23). The van der Waals surface area contributed by atoms with E-state index >= 15 is 0 Å². The molecule has 8 heteroatoms. The van der Waals surface area contributed by atoms with Crippen molar-refractivity contribution < 1.29 is 22.3 Å². The van der Waals surface area contributed by atoms with E-state index in [-0.39, 0.29) is 23.5 Å². The Kier molecular flexibility index (Phi) is 5.56. The number of morpholine rings is 1. The molecule has 0 aromatic heterocycles. The smallest absolute Gasteiger partial charge is 0.258 e. The second-order valence-electron chi connectivity index (χ2n) is 5.84. The van der Waals surface area contributed by atoms with Crippen molar-refractivity contribution in [3.8, 4) is 12.3 Å². The molecule has 27 heavy (non-hydrogen) atoms. The number of nitrogens with zero attached hydrogens (tertiary/aromatic N) is 1. The molecule has 0 aliphatic carbocycles. The molecule has 1 fully saturated rings. The molecule has 1 N–H and O–H groups in total. The van der Waals surface area contributed by atoms with Crippen molar-refractivity contribution in [2.24, 2.45) is 0 Å². The number of carbonyl (C=O) groups excluding carboxylic acids is 1. The van der Waals surface area contributed by atoms with Gasteiger partial charge in [-0.15, -0.1) is 6.42 Å². The fraction of sp³-hybridized carbons (Fsp3) is 0.211. The van der Waals surface area contributed by atoms with E-state index in [1.165, 1.54) is 4.31 Å². The summed E-state index contributed by atoms with van der Waals surface area (Å²) in [5, 5.41) is 2.53. The van der Waals surface area contributed by atoms with Crippen LogP contribution in [-0.2, 0) is 14.8 Å². The Bertz CT molecular complexity index is 1010. The van der Waals surface area contributed by atoms with Gasteiger partial charge in [0.2, 0.25) is 10.0 Å². The molecule has 0 spiro atoms. The maximum atomic E-state index is 14.2. The van der Waals surface area contributed by atoms with Crippen LogP contribution in [0.5, 0.6) is 0 Å². The van der Waals surface area contributed by atoms with Crippen LogP contribution in [0.4, 0.5) is 10.1 Å². The molecule has 0 bridgehead atoms. The van der Waals surface area contributed by atoms with Gasteiger partial charge in [-0.2, -0.15) is 4.31 Å². The van der Waals surface area contributed by atoms with Crippen LogP contribution in [-0.4, -0.2) is 44.9 Å². The highest BCUT2D eigenvalue weighted by Crippen LogP contribution is 2.21. The monoisotopic (exact) mass is 388 g/mol. The lowest BCUT2D eigenvalue weighted by Crippen LogP contribution is -2.40. The number of anilines is 1. The van der Waals surface area contributed by atoms with Crippen molar-refractivity contribution in [3.63, 3.8) is 0 Å². The fourth-order valence-electron chi connectivity index (χ4n) is 2.66. The molecule has 1 amide bonds. The van der Waals surface area contributed by atoms with Crippen molar-refractivity contribution >= 4 is 21.6 Å². The van der Waals surface area contributed by atoms with E-state index in [1.54, 1.807) is 24.3 Å². The highest BCUT2D eigenvalue weighted by Gasteiger charge is 2.27. The second kappa shape index (κ2) is 7.88. The third-order valence-electron chi connectivity index (χ3n) is 4.08. The minimum Gasteiger partial charge on any atom is -0.379 e. The number of hydrogen-bond acceptors (Lipinski definition) is 4. The van der Waals surface area contributed by atoms with Gasteiger partial charge in [-0.1, -0.05) is 12.0 Å². The number of terminal acetylenes is 1. The van der Waals surface area contributed by atoms with E-state index in [1.807, 2.05) is 0 Å². The fourth-order valence-corrected chi connectivity index (χ4v) is 4.09. The molecule has 0 atom stereocenters. The first kappa shape index (κ1) is 19.0. The maximum Gasteiger partial charge on any atom is 0.258 e. The first-order valence-corrected chi connectivity index (χ1v) is 9.61. The zero-order valence-corrected chi connectivity index (χ0v) is 15.1. The van der Waals surface area contributed by atoms with E-state index in [0.717, 1.165) is 18.2 Å². The number of halogens is 1. The van der Waals surface area contributed by atoms with Gasteiger partial charge in [-0.05, 0) is 36.4 Å². The van der Waals surface area contributed by atoms with Crippen LogP contribution in [0.2, 0.25) is 0 Å². The van der Waals surface area contributed by atoms with Gasteiger partial charge in [-0.25, -0.2) is 12.8 Å². The van der Waals surface area contributed by atoms with Crippen LogP contribution in [0.1, 0.15) is 15.9 Å². The van der Waals surface area contributed by atoms with Gasteiger partial charge >= 0.3 is 0 Å². The molecule has 1 aliphatic heterocycles. The van der Waals surface area contributed by atoms with E-state index in [0.29, 0.717) is 24.5 Å². The molecule has 6 nitrogen and oxygen atoms in total. The summed E-state index contributed by atoms with van der Waals surface area (Å²) in [4.78, 5) is 12.3. The molecule has 140 valence electrons. The van der Waals surface area contributed by atoms with E-state index in [2.05, 4.69) is 11.2 Å². The van der Waals surface area contributed by atoms with Gasteiger partial charge in [0.15, 0.2) is 0 Å².